The Hall–Kier alpha value is -0.350. The minimum Gasteiger partial charge on any atom is -0.381 e. The Morgan fingerprint density at radius 3 is 2.90 bits per heavy atom. The van der Waals surface area contributed by atoms with Gasteiger partial charge in [-0.3, -0.25) is 4.79 Å². The summed E-state index contributed by atoms with van der Waals surface area (Å²) in [6.07, 6.45) is 7.73. The molecular weight excluding hydrogens is 270 g/mol. The maximum Gasteiger partial charge on any atom is 0.263 e. The highest BCUT2D eigenvalue weighted by molar-refractivity contribution is 8.16. The van der Waals surface area contributed by atoms with Crippen molar-refractivity contribution in [3.8, 4) is 0 Å². The van der Waals surface area contributed by atoms with Crippen LogP contribution in [0, 0.1) is 23.7 Å². The molecule has 1 amide bonds. The Balaban J connectivity index is 1.43. The number of ether oxygens (including phenoxy) is 1. The number of thioether (sulfide) groups is 1. The largest absolute Gasteiger partial charge is 0.381 e. The summed E-state index contributed by atoms with van der Waals surface area (Å²) in [4.78, 5) is 16.8. The first-order chi connectivity index (χ1) is 9.65. The molecule has 20 heavy (non-hydrogen) atoms. The van der Waals surface area contributed by atoms with Crippen molar-refractivity contribution >= 4 is 22.7 Å². The number of amides is 1. The molecular formula is C16H23NO2S. The standard InChI is InChI=1S/C16H23NO2S/c1-16(13-4-5-19-9-13)15(18)17-14(20-16)8-12-7-10-2-3-11(12)6-10/h10-13H,2-9H2,1H3/t10-,11+,12-,13+,16?/m1/s1. The molecule has 1 unspecified atom stereocenters. The minimum absolute atomic E-state index is 0.0937. The van der Waals surface area contributed by atoms with Crippen molar-refractivity contribution in [2.24, 2.45) is 28.7 Å². The molecule has 110 valence electrons. The second-order valence-electron chi connectivity index (χ2n) is 7.22. The molecule has 3 fully saturated rings. The number of fused-ring (bicyclic) bond motifs is 2. The molecule has 1 saturated heterocycles. The van der Waals surface area contributed by atoms with Gasteiger partial charge in [0.05, 0.1) is 11.7 Å². The van der Waals surface area contributed by atoms with E-state index in [1.54, 1.807) is 11.8 Å². The number of rotatable bonds is 3. The van der Waals surface area contributed by atoms with Gasteiger partial charge in [-0.2, -0.15) is 0 Å². The Bertz CT molecular complexity index is 457. The lowest BCUT2D eigenvalue weighted by atomic mass is 9.87. The lowest BCUT2D eigenvalue weighted by Gasteiger charge is -2.27. The average molecular weight is 293 g/mol. The van der Waals surface area contributed by atoms with E-state index in [4.69, 9.17) is 4.74 Å². The predicted octanol–water partition coefficient (Wildman–Crippen LogP) is 3.28. The van der Waals surface area contributed by atoms with Gasteiger partial charge in [0.1, 0.15) is 4.75 Å². The van der Waals surface area contributed by atoms with E-state index in [0.717, 1.165) is 48.9 Å². The van der Waals surface area contributed by atoms with Gasteiger partial charge in [-0.1, -0.05) is 18.2 Å². The average Bonchev–Trinajstić information content (AvgIpc) is 3.16. The first-order valence-electron chi connectivity index (χ1n) is 8.04. The zero-order valence-corrected chi connectivity index (χ0v) is 13.0. The smallest absolute Gasteiger partial charge is 0.263 e. The van der Waals surface area contributed by atoms with Gasteiger partial charge < -0.3 is 4.74 Å². The maximum absolute atomic E-state index is 12.4. The van der Waals surface area contributed by atoms with Gasteiger partial charge >= 0.3 is 0 Å². The molecule has 2 aliphatic heterocycles. The summed E-state index contributed by atoms with van der Waals surface area (Å²) in [6, 6.07) is 0. The summed E-state index contributed by atoms with van der Waals surface area (Å²) in [5.41, 5.74) is 0. The molecule has 0 spiro atoms. The van der Waals surface area contributed by atoms with E-state index in [1.807, 2.05) is 0 Å². The van der Waals surface area contributed by atoms with Crippen LogP contribution in [0.15, 0.2) is 4.99 Å². The van der Waals surface area contributed by atoms with Gasteiger partial charge in [0.15, 0.2) is 0 Å². The summed E-state index contributed by atoms with van der Waals surface area (Å²) in [6.45, 7) is 3.61. The first kappa shape index (κ1) is 13.3. The van der Waals surface area contributed by atoms with E-state index < -0.39 is 0 Å². The van der Waals surface area contributed by atoms with Gasteiger partial charge in [0.25, 0.3) is 5.91 Å². The monoisotopic (exact) mass is 293 g/mol. The van der Waals surface area contributed by atoms with E-state index in [9.17, 15) is 4.79 Å². The lowest BCUT2D eigenvalue weighted by Crippen LogP contribution is -2.37. The van der Waals surface area contributed by atoms with Crippen LogP contribution < -0.4 is 0 Å². The zero-order chi connectivity index (χ0) is 13.7. The third kappa shape index (κ3) is 2.07. The van der Waals surface area contributed by atoms with Crippen LogP contribution in [0.5, 0.6) is 0 Å². The number of hydrogen-bond acceptors (Lipinski definition) is 3. The van der Waals surface area contributed by atoms with Crippen LogP contribution >= 0.6 is 11.8 Å². The van der Waals surface area contributed by atoms with Gasteiger partial charge in [-0.15, -0.1) is 0 Å². The second-order valence-corrected chi connectivity index (χ2v) is 8.74. The summed E-state index contributed by atoms with van der Waals surface area (Å²) >= 11 is 1.75. The summed E-state index contributed by atoms with van der Waals surface area (Å²) in [5.74, 6) is 3.13. The highest BCUT2D eigenvalue weighted by atomic mass is 32.2. The molecule has 0 aromatic carbocycles. The predicted molar refractivity (Wildman–Crippen MR) is 80.9 cm³/mol. The van der Waals surface area contributed by atoms with E-state index in [2.05, 4.69) is 11.9 Å². The lowest BCUT2D eigenvalue weighted by molar-refractivity contribution is -0.120. The highest BCUT2D eigenvalue weighted by Gasteiger charge is 2.49. The summed E-state index contributed by atoms with van der Waals surface area (Å²) in [7, 11) is 0. The zero-order valence-electron chi connectivity index (χ0n) is 12.1. The fraction of sp³-hybridized carbons (Fsp3) is 0.875. The molecule has 2 saturated carbocycles. The number of carbonyl (C=O) groups is 1. The van der Waals surface area contributed by atoms with E-state index in [-0.39, 0.29) is 10.7 Å². The summed E-state index contributed by atoms with van der Waals surface area (Å²) in [5, 5.41) is 1.11. The van der Waals surface area contributed by atoms with Crippen LogP contribution in [-0.2, 0) is 9.53 Å². The molecule has 5 atom stereocenters. The molecule has 0 radical (unpaired) electrons. The van der Waals surface area contributed by atoms with Crippen molar-refractivity contribution in [1.82, 2.24) is 0 Å². The quantitative estimate of drug-likeness (QED) is 0.801. The van der Waals surface area contributed by atoms with Gasteiger partial charge in [-0.05, 0) is 56.8 Å². The van der Waals surface area contributed by atoms with Crippen molar-refractivity contribution in [2.75, 3.05) is 13.2 Å². The van der Waals surface area contributed by atoms with Crippen molar-refractivity contribution < 1.29 is 9.53 Å². The van der Waals surface area contributed by atoms with E-state index >= 15 is 0 Å². The molecule has 4 rings (SSSR count). The molecule has 3 nitrogen and oxygen atoms in total. The third-order valence-corrected chi connectivity index (χ3v) is 7.44. The Labute approximate surface area is 124 Å². The maximum atomic E-state index is 12.4. The van der Waals surface area contributed by atoms with Gasteiger partial charge in [-0.25, -0.2) is 4.99 Å². The topological polar surface area (TPSA) is 38.7 Å². The van der Waals surface area contributed by atoms with E-state index in [1.165, 1.54) is 25.7 Å². The van der Waals surface area contributed by atoms with Crippen molar-refractivity contribution in [1.29, 1.82) is 0 Å². The van der Waals surface area contributed by atoms with Crippen molar-refractivity contribution in [3.05, 3.63) is 0 Å². The Morgan fingerprint density at radius 2 is 2.25 bits per heavy atom. The molecule has 4 heteroatoms. The minimum atomic E-state index is -0.344. The SMILES string of the molecule is CC1([C@H]2CCOC2)SC(C[C@H]2C[C@@H]3CC[C@H]2C3)=NC1=O. The van der Waals surface area contributed by atoms with Gasteiger partial charge in [0.2, 0.25) is 0 Å². The van der Waals surface area contributed by atoms with Crippen LogP contribution in [0.25, 0.3) is 0 Å². The first-order valence-corrected chi connectivity index (χ1v) is 8.85. The number of nitrogens with zero attached hydrogens (tertiary/aromatic N) is 1. The van der Waals surface area contributed by atoms with Crippen LogP contribution in [0.2, 0.25) is 0 Å². The fourth-order valence-corrected chi connectivity index (χ4v) is 6.10. The number of hydrogen-bond donors (Lipinski definition) is 0. The Morgan fingerprint density at radius 1 is 1.35 bits per heavy atom. The fourth-order valence-electron chi connectivity index (χ4n) is 4.70. The molecule has 0 aromatic heterocycles. The second kappa shape index (κ2) is 4.84. The number of aliphatic imine (C=N–C) groups is 1. The van der Waals surface area contributed by atoms with Crippen molar-refractivity contribution in [2.45, 2.75) is 50.2 Å². The third-order valence-electron chi connectivity index (χ3n) is 6.01. The molecule has 0 aromatic rings. The molecule has 2 aliphatic carbocycles. The van der Waals surface area contributed by atoms with Crippen LogP contribution in [0.1, 0.15) is 45.4 Å². The van der Waals surface area contributed by atoms with Gasteiger partial charge in [0, 0.05) is 12.5 Å². The van der Waals surface area contributed by atoms with Crippen LogP contribution in [0.4, 0.5) is 0 Å². The molecule has 2 bridgehead atoms. The summed E-state index contributed by atoms with van der Waals surface area (Å²) < 4.78 is 5.13. The molecule has 0 N–H and O–H groups in total. The van der Waals surface area contributed by atoms with Crippen LogP contribution in [0.3, 0.4) is 0 Å². The Kier molecular flexibility index (Phi) is 3.22. The highest BCUT2D eigenvalue weighted by Crippen LogP contribution is 2.52. The van der Waals surface area contributed by atoms with Crippen LogP contribution in [-0.4, -0.2) is 28.9 Å². The number of carbonyl (C=O) groups excluding carboxylic acids is 1. The molecule has 2 heterocycles. The normalized spacial score (nSPS) is 47.2. The van der Waals surface area contributed by atoms with E-state index in [0.29, 0.717) is 5.92 Å². The molecule has 4 aliphatic rings. The van der Waals surface area contributed by atoms with Crippen molar-refractivity contribution in [3.63, 3.8) is 0 Å².